The van der Waals surface area contributed by atoms with Gasteiger partial charge in [0.05, 0.1) is 24.5 Å². The van der Waals surface area contributed by atoms with Crippen LogP contribution in [0.3, 0.4) is 0 Å². The molecule has 1 saturated carbocycles. The van der Waals surface area contributed by atoms with Crippen molar-refractivity contribution in [3.05, 3.63) is 24.3 Å². The molecular weight excluding hydrogens is 349 g/mol. The summed E-state index contributed by atoms with van der Waals surface area (Å²) < 4.78 is 4.99. The largest absolute Gasteiger partial charge is 0.383 e. The van der Waals surface area contributed by atoms with Crippen LogP contribution in [0.4, 0.5) is 11.4 Å². The Bertz CT molecular complexity index is 526. The van der Waals surface area contributed by atoms with Crippen LogP contribution in [0.1, 0.15) is 12.8 Å². The number of para-hydroxylation sites is 2. The van der Waals surface area contributed by atoms with E-state index in [4.69, 9.17) is 4.74 Å². The Kier molecular flexibility index (Phi) is 8.84. The molecule has 7 heteroatoms. The summed E-state index contributed by atoms with van der Waals surface area (Å²) in [6.07, 6.45) is 2.70. The Balaban J connectivity index is 0.00000144. The lowest BCUT2D eigenvalue weighted by molar-refractivity contribution is -0.117. The number of amides is 1. The fourth-order valence-electron chi connectivity index (χ4n) is 2.95. The van der Waals surface area contributed by atoms with Gasteiger partial charge in [0.15, 0.2) is 0 Å². The van der Waals surface area contributed by atoms with Gasteiger partial charge < -0.3 is 19.9 Å². The maximum absolute atomic E-state index is 12.5. The minimum atomic E-state index is 0. The minimum Gasteiger partial charge on any atom is -0.383 e. The van der Waals surface area contributed by atoms with Crippen molar-refractivity contribution >= 4 is 42.1 Å². The van der Waals surface area contributed by atoms with Gasteiger partial charge in [-0.2, -0.15) is 0 Å². The number of carbonyl (C=O) groups excluding carboxylic acids is 1. The summed E-state index contributed by atoms with van der Waals surface area (Å²) in [6.45, 7) is 4.52. The van der Waals surface area contributed by atoms with Crippen LogP contribution in [0.25, 0.3) is 0 Å². The summed E-state index contributed by atoms with van der Waals surface area (Å²) in [7, 11) is 1.67. The first kappa shape index (κ1) is 21.0. The maximum Gasteiger partial charge on any atom is 0.241 e. The molecule has 5 nitrogen and oxygen atoms in total. The Morgan fingerprint density at radius 3 is 2.58 bits per heavy atom. The fraction of sp³-hybridized carbons (Fsp3) is 0.588. The second kappa shape index (κ2) is 10.1. The zero-order chi connectivity index (χ0) is 15.4. The number of fused-ring (bicyclic) bond motifs is 1. The van der Waals surface area contributed by atoms with E-state index in [1.165, 1.54) is 18.5 Å². The summed E-state index contributed by atoms with van der Waals surface area (Å²) in [5, 5.41) is 3.14. The molecule has 1 aliphatic carbocycles. The first-order valence-corrected chi connectivity index (χ1v) is 8.13. The summed E-state index contributed by atoms with van der Waals surface area (Å²) in [6, 6.07) is 8.26. The van der Waals surface area contributed by atoms with Crippen molar-refractivity contribution in [2.45, 2.75) is 12.8 Å². The van der Waals surface area contributed by atoms with E-state index < -0.39 is 0 Å². The predicted molar refractivity (Wildman–Crippen MR) is 103 cm³/mol. The van der Waals surface area contributed by atoms with Gasteiger partial charge in [0.1, 0.15) is 0 Å². The van der Waals surface area contributed by atoms with Gasteiger partial charge in [-0.15, -0.1) is 24.8 Å². The van der Waals surface area contributed by atoms with E-state index in [0.29, 0.717) is 19.7 Å². The molecule has 0 saturated heterocycles. The highest BCUT2D eigenvalue weighted by molar-refractivity contribution is 5.99. The van der Waals surface area contributed by atoms with E-state index in [9.17, 15) is 4.79 Å². The number of anilines is 2. The Morgan fingerprint density at radius 2 is 1.92 bits per heavy atom. The molecule has 1 heterocycles. The molecular formula is C17H27Cl2N3O2. The molecule has 1 fully saturated rings. The molecule has 0 atom stereocenters. The summed E-state index contributed by atoms with van der Waals surface area (Å²) in [5.41, 5.74) is 2.25. The average Bonchev–Trinajstić information content (AvgIpc) is 3.36. The average molecular weight is 376 g/mol. The van der Waals surface area contributed by atoms with Crippen LogP contribution in [0, 0.1) is 5.92 Å². The van der Waals surface area contributed by atoms with Crippen LogP contribution in [0.5, 0.6) is 0 Å². The molecule has 0 aromatic heterocycles. The number of methoxy groups -OCH3 is 1. The summed E-state index contributed by atoms with van der Waals surface area (Å²) in [5.74, 6) is 0.987. The second-order valence-electron chi connectivity index (χ2n) is 6.09. The minimum absolute atomic E-state index is 0. The number of carbonyl (C=O) groups is 1. The fourth-order valence-corrected chi connectivity index (χ4v) is 2.95. The van der Waals surface area contributed by atoms with Crippen LogP contribution in [-0.4, -0.2) is 52.3 Å². The molecule has 0 bridgehead atoms. The van der Waals surface area contributed by atoms with Gasteiger partial charge in [-0.3, -0.25) is 4.79 Å². The lowest BCUT2D eigenvalue weighted by Gasteiger charge is -2.38. The van der Waals surface area contributed by atoms with Crippen molar-refractivity contribution < 1.29 is 9.53 Å². The normalized spacial score (nSPS) is 16.0. The lowest BCUT2D eigenvalue weighted by Crippen LogP contribution is -2.47. The van der Waals surface area contributed by atoms with E-state index in [1.54, 1.807) is 7.11 Å². The van der Waals surface area contributed by atoms with Crippen molar-refractivity contribution in [2.75, 3.05) is 56.2 Å². The van der Waals surface area contributed by atoms with Crippen molar-refractivity contribution in [2.24, 2.45) is 5.92 Å². The van der Waals surface area contributed by atoms with Crippen molar-refractivity contribution in [1.29, 1.82) is 0 Å². The van der Waals surface area contributed by atoms with Crippen LogP contribution in [-0.2, 0) is 9.53 Å². The molecule has 0 spiro atoms. The number of benzene rings is 1. The molecule has 136 valence electrons. The number of nitrogens with zero attached hydrogens (tertiary/aromatic N) is 2. The van der Waals surface area contributed by atoms with E-state index in [2.05, 4.69) is 28.4 Å². The van der Waals surface area contributed by atoms with Gasteiger partial charge in [0.2, 0.25) is 5.91 Å². The Labute approximate surface area is 156 Å². The standard InChI is InChI=1S/C17H25N3O2.2ClH/c1-22-11-8-18-12-17(21)20-10-9-19(13-14-6-7-14)15-4-2-3-5-16(15)20;;/h2-5,14,18H,6-13H2,1H3;2*1H. The summed E-state index contributed by atoms with van der Waals surface area (Å²) >= 11 is 0. The van der Waals surface area contributed by atoms with Gasteiger partial charge in [-0.25, -0.2) is 0 Å². The smallest absolute Gasteiger partial charge is 0.241 e. The van der Waals surface area contributed by atoms with E-state index in [0.717, 1.165) is 31.2 Å². The number of hydrogen-bond donors (Lipinski definition) is 1. The predicted octanol–water partition coefficient (Wildman–Crippen LogP) is 2.33. The highest BCUT2D eigenvalue weighted by atomic mass is 35.5. The molecule has 0 radical (unpaired) electrons. The van der Waals surface area contributed by atoms with Crippen molar-refractivity contribution in [1.82, 2.24) is 5.32 Å². The molecule has 1 aliphatic heterocycles. The van der Waals surface area contributed by atoms with Crippen LogP contribution < -0.4 is 15.1 Å². The number of halogens is 2. The van der Waals surface area contributed by atoms with Crippen LogP contribution in [0.2, 0.25) is 0 Å². The first-order chi connectivity index (χ1) is 10.8. The molecule has 1 aromatic rings. The van der Waals surface area contributed by atoms with E-state index in [1.807, 2.05) is 11.0 Å². The first-order valence-electron chi connectivity index (χ1n) is 8.13. The Morgan fingerprint density at radius 1 is 1.21 bits per heavy atom. The quantitative estimate of drug-likeness (QED) is 0.742. The Hall–Kier alpha value is -1.01. The lowest BCUT2D eigenvalue weighted by atomic mass is 10.1. The molecule has 3 rings (SSSR count). The number of nitrogens with one attached hydrogen (secondary N) is 1. The molecule has 1 amide bonds. The SMILES string of the molecule is COCCNCC(=O)N1CCN(CC2CC2)c2ccccc21.Cl.Cl. The van der Waals surface area contributed by atoms with Gasteiger partial charge >= 0.3 is 0 Å². The molecule has 1 N–H and O–H groups in total. The number of rotatable bonds is 7. The number of hydrogen-bond acceptors (Lipinski definition) is 4. The van der Waals surface area contributed by atoms with Gasteiger partial charge in [-0.05, 0) is 30.9 Å². The molecule has 0 unspecified atom stereocenters. The number of ether oxygens (including phenoxy) is 1. The van der Waals surface area contributed by atoms with Crippen molar-refractivity contribution in [3.8, 4) is 0 Å². The third-order valence-electron chi connectivity index (χ3n) is 4.34. The third-order valence-corrected chi connectivity index (χ3v) is 4.34. The van der Waals surface area contributed by atoms with Gasteiger partial charge in [-0.1, -0.05) is 12.1 Å². The molecule has 24 heavy (non-hydrogen) atoms. The van der Waals surface area contributed by atoms with Gasteiger partial charge in [0.25, 0.3) is 0 Å². The van der Waals surface area contributed by atoms with Crippen LogP contribution >= 0.6 is 24.8 Å². The monoisotopic (exact) mass is 375 g/mol. The zero-order valence-corrected chi connectivity index (χ0v) is 15.7. The van der Waals surface area contributed by atoms with E-state index in [-0.39, 0.29) is 30.7 Å². The highest BCUT2D eigenvalue weighted by Gasteiger charge is 2.30. The van der Waals surface area contributed by atoms with Crippen LogP contribution in [0.15, 0.2) is 24.3 Å². The second-order valence-corrected chi connectivity index (χ2v) is 6.09. The molecule has 1 aromatic carbocycles. The third kappa shape index (κ3) is 5.24. The molecule has 2 aliphatic rings. The van der Waals surface area contributed by atoms with E-state index >= 15 is 0 Å². The van der Waals surface area contributed by atoms with Gasteiger partial charge in [0, 0.05) is 33.3 Å². The zero-order valence-electron chi connectivity index (χ0n) is 14.1. The summed E-state index contributed by atoms with van der Waals surface area (Å²) in [4.78, 5) is 16.8. The van der Waals surface area contributed by atoms with Crippen molar-refractivity contribution in [3.63, 3.8) is 0 Å². The highest BCUT2D eigenvalue weighted by Crippen LogP contribution is 2.37. The topological polar surface area (TPSA) is 44.8 Å². The maximum atomic E-state index is 12.5.